The number of ether oxygens (including phenoxy) is 3. The standard InChI is InChI=1S/C26H26ClF2N5O2.2C25H24ClF2N5O2/c1-14(28)8-25(35)33-16(3)20-10-18(29)11-22(27)21(20)12-36-24-7-5-6-19-23(9-15(2)32-26(19)24)34-17(4)30-13-31-34;2*1-13-8-19(24-29-12-30-33(24)4)17-6-5-7-22(23(17)31-13)35-11-20-18(9-16(28)10-21(20)26)15(3)32-25(34)14(2)27/h5-7,9-11,13-14,16H,8,12H2,1-4H3,(H,33,35);2*5-10,12,14-15H,11H2,1-4H3,(H,32,34)/t14?,16-;14-,15+;14-,15-/m010/s1/i16D;2*15D. The van der Waals surface area contributed by atoms with Gasteiger partial charge in [-0.3, -0.25) is 14.4 Å². The largest absolute Gasteiger partial charge is 0.487 e. The number of hydrogen-bond acceptors (Lipinski definition) is 15. The molecule has 6 heterocycles. The van der Waals surface area contributed by atoms with Crippen molar-refractivity contribution in [3.63, 3.8) is 0 Å². The first-order valence-electron chi connectivity index (χ1n) is 34.4. The number of carbonyl (C=O) groups excluding carboxylic acids is 3. The molecule has 6 atom stereocenters. The molecule has 12 aromatic rings. The molecule has 0 saturated heterocycles. The number of nitrogens with one attached hydrogen (secondary N) is 3. The molecule has 30 heteroatoms. The van der Waals surface area contributed by atoms with E-state index in [0.717, 1.165) is 100 Å². The van der Waals surface area contributed by atoms with E-state index in [1.807, 2.05) is 70.2 Å². The van der Waals surface area contributed by atoms with E-state index in [4.69, 9.17) is 53.1 Å². The molecule has 106 heavy (non-hydrogen) atoms. The number of carbonyl (C=O) groups is 3. The fraction of sp³-hybridized carbons (Fsp3) is 0.289. The van der Waals surface area contributed by atoms with Gasteiger partial charge in [-0.2, -0.15) is 15.3 Å². The number of amides is 3. The second-order valence-electron chi connectivity index (χ2n) is 24.7. The predicted molar refractivity (Wildman–Crippen MR) is 392 cm³/mol. The van der Waals surface area contributed by atoms with Crippen molar-refractivity contribution in [2.45, 2.75) is 132 Å². The van der Waals surface area contributed by atoms with Crippen LogP contribution < -0.4 is 30.2 Å². The predicted octanol–water partition coefficient (Wildman–Crippen LogP) is 16.2. The number of alkyl halides is 3. The van der Waals surface area contributed by atoms with Crippen LogP contribution in [0.15, 0.2) is 128 Å². The van der Waals surface area contributed by atoms with Gasteiger partial charge in [-0.15, -0.1) is 0 Å². The third-order valence-corrected chi connectivity index (χ3v) is 17.6. The first kappa shape index (κ1) is 73.5. The monoisotopic (exact) mass is 1510 g/mol. The maximum Gasteiger partial charge on any atom is 0.254 e. The molecule has 21 nitrogen and oxygen atoms in total. The van der Waals surface area contributed by atoms with Gasteiger partial charge in [0.25, 0.3) is 11.8 Å². The SMILES string of the molecule is [2H][C@@](C)(NC(=O)CC(C)F)c1cc(F)cc(Cl)c1COc1cccc2c(-n3ncnc3C)cc(C)nc12.[2H][C@@](C)(NC(=O)[C@@H](C)F)c1cc(F)cc(Cl)c1COc1cccc2c(-c3ncnn3C)cc(C)nc12.[2H][C@@](C)(NC(=O)[C@H](C)F)c1cc(F)cc(Cl)c1COc1cccc2c(-c3ncnn3C)cc(C)nc12. The lowest BCUT2D eigenvalue weighted by Gasteiger charge is -2.20. The lowest BCUT2D eigenvalue weighted by Crippen LogP contribution is -2.33. The summed E-state index contributed by atoms with van der Waals surface area (Å²) in [5.41, 5.74) is 7.42. The second-order valence-corrected chi connectivity index (χ2v) is 25.9. The first-order chi connectivity index (χ1) is 51.4. The van der Waals surface area contributed by atoms with E-state index in [1.165, 1.54) is 46.7 Å². The fourth-order valence-electron chi connectivity index (χ4n) is 11.5. The van der Waals surface area contributed by atoms with Crippen molar-refractivity contribution in [3.8, 4) is 45.7 Å². The lowest BCUT2D eigenvalue weighted by molar-refractivity contribution is -0.126. The Morgan fingerprint density at radius 2 is 0.849 bits per heavy atom. The van der Waals surface area contributed by atoms with E-state index in [-0.39, 0.29) is 62.7 Å². The van der Waals surface area contributed by atoms with Crippen LogP contribution in [0, 0.1) is 45.1 Å². The summed E-state index contributed by atoms with van der Waals surface area (Å²) in [7, 11) is 3.59. The van der Waals surface area contributed by atoms with Gasteiger partial charge in [0.05, 0.1) is 49.3 Å². The Hall–Kier alpha value is -10.8. The normalized spacial score (nSPS) is 14.3. The van der Waals surface area contributed by atoms with Crippen LogP contribution in [0.4, 0.5) is 26.3 Å². The van der Waals surface area contributed by atoms with E-state index in [0.29, 0.717) is 56.8 Å². The molecule has 552 valence electrons. The summed E-state index contributed by atoms with van der Waals surface area (Å²) in [5, 5.41) is 22.0. The zero-order valence-electron chi connectivity index (χ0n) is 62.4. The van der Waals surface area contributed by atoms with E-state index < -0.39 is 78.2 Å². The zero-order chi connectivity index (χ0) is 79.3. The molecule has 1 unspecified atom stereocenters. The summed E-state index contributed by atoms with van der Waals surface area (Å²) in [5.74, 6) is -1.41. The highest BCUT2D eigenvalue weighted by atomic mass is 35.5. The Bertz CT molecular complexity index is 5220. The molecule has 3 amide bonds. The summed E-state index contributed by atoms with van der Waals surface area (Å²) >= 11 is 19.0. The molecule has 0 radical (unpaired) electrons. The highest BCUT2D eigenvalue weighted by Crippen LogP contribution is 2.38. The molecule has 6 aromatic carbocycles. The Morgan fingerprint density at radius 1 is 0.491 bits per heavy atom. The minimum absolute atomic E-state index is 0.00942. The van der Waals surface area contributed by atoms with Crippen LogP contribution in [-0.4, -0.2) is 95.5 Å². The molecule has 0 aliphatic rings. The highest BCUT2D eigenvalue weighted by molar-refractivity contribution is 6.32. The minimum atomic E-state index is -1.87. The average Bonchev–Trinajstić information content (AvgIpc) is 1.65. The number of pyridine rings is 3. The van der Waals surface area contributed by atoms with Gasteiger partial charge in [0.2, 0.25) is 5.91 Å². The van der Waals surface area contributed by atoms with E-state index in [2.05, 4.69) is 61.2 Å². The van der Waals surface area contributed by atoms with Crippen molar-refractivity contribution in [2.75, 3.05) is 0 Å². The third-order valence-electron chi connectivity index (χ3n) is 16.6. The topological polar surface area (TPSA) is 246 Å². The Labute approximate surface area is 625 Å². The van der Waals surface area contributed by atoms with E-state index in [9.17, 15) is 40.7 Å². The smallest absolute Gasteiger partial charge is 0.254 e. The van der Waals surface area contributed by atoms with Crippen LogP contribution in [0.3, 0.4) is 0 Å². The molecule has 0 fully saturated rings. The third kappa shape index (κ3) is 18.3. The Kier molecular flexibility index (Phi) is 23.6. The number of aryl methyl sites for hydroxylation is 6. The molecule has 6 aromatic heterocycles. The van der Waals surface area contributed by atoms with Crippen LogP contribution in [0.1, 0.15) is 126 Å². The number of hydrogen-bond donors (Lipinski definition) is 3. The first-order valence-corrected chi connectivity index (χ1v) is 34.0. The number of para-hydroxylation sites is 3. The summed E-state index contributed by atoms with van der Waals surface area (Å²) < 4.78 is 132. The van der Waals surface area contributed by atoms with Gasteiger partial charge in [-0.05, 0) is 159 Å². The summed E-state index contributed by atoms with van der Waals surface area (Å²) in [6.07, 6.45) is -1.08. The lowest BCUT2D eigenvalue weighted by atomic mass is 10.0. The molecular formula is C76H74Cl3F6N15O6. The zero-order valence-corrected chi connectivity index (χ0v) is 61.7. The van der Waals surface area contributed by atoms with Crippen LogP contribution in [0.2, 0.25) is 15.1 Å². The maximum atomic E-state index is 14.3. The van der Waals surface area contributed by atoms with Crippen LogP contribution in [0.5, 0.6) is 17.2 Å². The van der Waals surface area contributed by atoms with Gasteiger partial charge in [0.15, 0.2) is 24.0 Å². The van der Waals surface area contributed by atoms with Gasteiger partial charge in [0.1, 0.15) is 102 Å². The van der Waals surface area contributed by atoms with Crippen molar-refractivity contribution >= 4 is 85.2 Å². The molecule has 0 saturated carbocycles. The van der Waals surface area contributed by atoms with E-state index >= 15 is 0 Å². The van der Waals surface area contributed by atoms with E-state index in [1.54, 1.807) is 58.5 Å². The number of benzene rings is 6. The summed E-state index contributed by atoms with van der Waals surface area (Å²) in [6, 6.07) is 23.1. The summed E-state index contributed by atoms with van der Waals surface area (Å²) in [4.78, 5) is 62.9. The molecular weight excluding hydrogens is 1440 g/mol. The average molecular weight is 1520 g/mol. The van der Waals surface area contributed by atoms with Crippen LogP contribution in [0.25, 0.3) is 61.2 Å². The highest BCUT2D eigenvalue weighted by Gasteiger charge is 2.26. The molecule has 3 N–H and O–H groups in total. The molecule has 0 aliphatic heterocycles. The maximum absolute atomic E-state index is 14.3. The fourth-order valence-corrected chi connectivity index (χ4v) is 12.3. The van der Waals surface area contributed by atoms with Gasteiger partial charge in [-0.25, -0.2) is 70.3 Å². The van der Waals surface area contributed by atoms with Gasteiger partial charge < -0.3 is 30.2 Å². The van der Waals surface area contributed by atoms with Gasteiger partial charge in [-0.1, -0.05) is 71.2 Å². The molecule has 0 aliphatic carbocycles. The van der Waals surface area contributed by atoms with Crippen molar-refractivity contribution in [1.29, 1.82) is 0 Å². The number of nitrogens with zero attached hydrogens (tertiary/aromatic N) is 12. The molecule has 12 rings (SSSR count). The molecule has 0 bridgehead atoms. The number of halogens is 9. The van der Waals surface area contributed by atoms with Crippen LogP contribution in [-0.2, 0) is 48.3 Å². The Morgan fingerprint density at radius 3 is 1.20 bits per heavy atom. The quantitative estimate of drug-likeness (QED) is 0.0534. The molecule has 0 spiro atoms. The second kappa shape index (κ2) is 34.0. The van der Waals surface area contributed by atoms with Crippen molar-refractivity contribution in [1.82, 2.24) is 75.2 Å². The van der Waals surface area contributed by atoms with Gasteiger partial charge >= 0.3 is 0 Å². The number of rotatable bonds is 22. The number of fused-ring (bicyclic) bond motifs is 3. The van der Waals surface area contributed by atoms with Crippen LogP contribution >= 0.6 is 34.8 Å². The van der Waals surface area contributed by atoms with Crippen molar-refractivity contribution < 1.29 is 59.0 Å². The Balaban J connectivity index is 0.000000174. The summed E-state index contributed by atoms with van der Waals surface area (Å²) in [6.45, 7) is 14.3. The van der Waals surface area contributed by atoms with Gasteiger partial charge in [0, 0.05) is 75.2 Å². The van der Waals surface area contributed by atoms with Crippen molar-refractivity contribution in [2.24, 2.45) is 14.1 Å². The minimum Gasteiger partial charge on any atom is -0.487 e. The number of aromatic nitrogens is 12. The van der Waals surface area contributed by atoms with Crippen molar-refractivity contribution in [3.05, 3.63) is 217 Å².